The van der Waals surface area contributed by atoms with E-state index in [-0.39, 0.29) is 6.61 Å². The van der Waals surface area contributed by atoms with Gasteiger partial charge in [0.1, 0.15) is 18.3 Å². The molecule has 0 radical (unpaired) electrons. The largest absolute Gasteiger partial charge is 0.353 e. The van der Waals surface area contributed by atoms with Crippen LogP contribution in [0, 0.1) is 12.3 Å². The first-order valence-electron chi connectivity index (χ1n) is 12.3. The summed E-state index contributed by atoms with van der Waals surface area (Å²) in [5, 5.41) is 5.55. The van der Waals surface area contributed by atoms with E-state index < -0.39 is 0 Å². The molecule has 11 heteroatoms. The van der Waals surface area contributed by atoms with Gasteiger partial charge in [-0.25, -0.2) is 9.98 Å². The van der Waals surface area contributed by atoms with E-state index in [0.29, 0.717) is 35.6 Å². The number of nitrogens with one attached hydrogen (secondary N) is 2. The second kappa shape index (κ2) is 14.8. The monoisotopic (exact) mass is 545 g/mol. The van der Waals surface area contributed by atoms with Crippen LogP contribution in [0.1, 0.15) is 27.2 Å². The molecule has 1 saturated heterocycles. The van der Waals surface area contributed by atoms with E-state index in [9.17, 15) is 4.53 Å². The topological polar surface area (TPSA) is 81.1 Å². The van der Waals surface area contributed by atoms with Crippen molar-refractivity contribution in [3.05, 3.63) is 35.5 Å². The minimum Gasteiger partial charge on any atom is -0.353 e. The molecule has 3 aromatic rings. The van der Waals surface area contributed by atoms with Crippen molar-refractivity contribution in [1.82, 2.24) is 25.1 Å². The molecule has 0 unspecified atom stereocenters. The van der Waals surface area contributed by atoms with E-state index in [0.717, 1.165) is 53.5 Å². The summed E-state index contributed by atoms with van der Waals surface area (Å²) in [6.07, 6.45) is 7.68. The molecule has 1 aliphatic heterocycles. The summed E-state index contributed by atoms with van der Waals surface area (Å²) in [6, 6.07) is 7.85. The first-order chi connectivity index (χ1) is 18.1. The standard InChI is InChI=1S/C24H27ClFN7OS.C2H6/c1-3-5-22(29-17(2)28-16-33-10-8-32(9-11-33)12-13-34-26)31-24-27-15-21(35-24)20-14-18-6-4-7-19(25)23(18)30-20;1-2/h1,4,6-7,14-15,30H,5,8-13,16H2,2H3,(H,27,28,29,31);1-2H3. The molecular weight excluding hydrogens is 513 g/mol. The van der Waals surface area contributed by atoms with Gasteiger partial charge >= 0.3 is 0 Å². The summed E-state index contributed by atoms with van der Waals surface area (Å²) >= 11 is 7.75. The Kier molecular flexibility index (Phi) is 11.5. The molecule has 2 N–H and O–H groups in total. The van der Waals surface area contributed by atoms with E-state index >= 15 is 0 Å². The maximum atomic E-state index is 11.9. The molecule has 1 fully saturated rings. The molecule has 0 aliphatic carbocycles. The van der Waals surface area contributed by atoms with Crippen LogP contribution in [-0.4, -0.2) is 77.4 Å². The van der Waals surface area contributed by atoms with Gasteiger partial charge in [0.15, 0.2) is 0 Å². The predicted octanol–water partition coefficient (Wildman–Crippen LogP) is 5.51. The predicted molar refractivity (Wildman–Crippen MR) is 152 cm³/mol. The summed E-state index contributed by atoms with van der Waals surface area (Å²) < 4.78 is 11.9. The zero-order chi connectivity index (χ0) is 26.6. The van der Waals surface area contributed by atoms with Gasteiger partial charge in [-0.1, -0.05) is 54.8 Å². The van der Waals surface area contributed by atoms with Crippen molar-refractivity contribution in [3.8, 4) is 22.9 Å². The molecule has 4 rings (SSSR count). The Morgan fingerprint density at radius 1 is 1.30 bits per heavy atom. The zero-order valence-electron chi connectivity index (χ0n) is 21.4. The number of amidine groups is 2. The van der Waals surface area contributed by atoms with Crippen molar-refractivity contribution in [2.75, 3.05) is 46.0 Å². The van der Waals surface area contributed by atoms with Crippen LogP contribution in [0.3, 0.4) is 0 Å². The average Bonchev–Trinajstić information content (AvgIpc) is 3.56. The van der Waals surface area contributed by atoms with E-state index in [1.54, 1.807) is 6.20 Å². The number of hydrogen-bond donors (Lipinski definition) is 2. The number of piperazine rings is 1. The Morgan fingerprint density at radius 2 is 2.05 bits per heavy atom. The molecule has 0 amide bonds. The van der Waals surface area contributed by atoms with Crippen LogP contribution in [-0.2, 0) is 4.94 Å². The van der Waals surface area contributed by atoms with Crippen molar-refractivity contribution >= 4 is 50.6 Å². The molecule has 3 heterocycles. The molecular formula is C26H33ClFN7OS. The molecule has 1 aliphatic rings. The van der Waals surface area contributed by atoms with Crippen molar-refractivity contribution in [2.45, 2.75) is 27.2 Å². The number of aliphatic imine (C=N–C) groups is 2. The third kappa shape index (κ3) is 8.35. The van der Waals surface area contributed by atoms with Gasteiger partial charge < -0.3 is 10.3 Å². The third-order valence-electron chi connectivity index (χ3n) is 5.65. The number of H-pyrrole nitrogens is 1. The molecule has 0 spiro atoms. The lowest BCUT2D eigenvalue weighted by Gasteiger charge is -2.33. The molecule has 37 heavy (non-hydrogen) atoms. The number of fused-ring (bicyclic) bond motifs is 1. The number of rotatable bonds is 8. The Hall–Kier alpha value is -2.81. The molecule has 0 atom stereocenters. The summed E-state index contributed by atoms with van der Waals surface area (Å²) in [5.41, 5.74) is 1.84. The molecule has 8 nitrogen and oxygen atoms in total. The quantitative estimate of drug-likeness (QED) is 0.222. The van der Waals surface area contributed by atoms with Crippen molar-refractivity contribution < 1.29 is 9.47 Å². The van der Waals surface area contributed by atoms with E-state index in [4.69, 9.17) is 18.0 Å². The number of aromatic amines is 1. The lowest BCUT2D eigenvalue weighted by atomic mass is 10.2. The number of halogens is 2. The fraction of sp³-hybridized carbons (Fsp3) is 0.423. The molecule has 2 aromatic heterocycles. The Labute approximate surface area is 226 Å². The highest BCUT2D eigenvalue weighted by atomic mass is 35.5. The number of terminal acetylenes is 1. The summed E-state index contributed by atoms with van der Waals surface area (Å²) in [6.45, 7) is 10.6. The second-order valence-corrected chi connectivity index (χ2v) is 9.53. The lowest BCUT2D eigenvalue weighted by molar-refractivity contribution is -0.137. The van der Waals surface area contributed by atoms with Crippen molar-refractivity contribution in [1.29, 1.82) is 0 Å². The van der Waals surface area contributed by atoms with Crippen LogP contribution in [0.2, 0.25) is 5.02 Å². The average molecular weight is 546 g/mol. The fourth-order valence-corrected chi connectivity index (χ4v) is 4.80. The minimum absolute atomic E-state index is 0.106. The maximum absolute atomic E-state index is 11.9. The number of hydrogen-bond acceptors (Lipinski definition) is 7. The fourth-order valence-electron chi connectivity index (χ4n) is 3.79. The van der Waals surface area contributed by atoms with Crippen LogP contribution < -0.4 is 5.32 Å². The van der Waals surface area contributed by atoms with Crippen LogP contribution in [0.15, 0.2) is 40.4 Å². The SMILES string of the molecule is C#CC/C(=N/c1ncc(-c2cc3cccc(Cl)c3[nH]2)s1)N/C(C)=N\CN1CCN(CCOF)CC1.CC. The highest BCUT2D eigenvalue weighted by Gasteiger charge is 2.16. The Morgan fingerprint density at radius 3 is 2.76 bits per heavy atom. The van der Waals surface area contributed by atoms with E-state index in [2.05, 4.69) is 45.9 Å². The van der Waals surface area contributed by atoms with Crippen LogP contribution in [0.4, 0.5) is 9.66 Å². The number of aromatic nitrogens is 2. The van der Waals surface area contributed by atoms with Crippen molar-refractivity contribution in [2.24, 2.45) is 9.98 Å². The first kappa shape index (κ1) is 28.8. The summed E-state index contributed by atoms with van der Waals surface area (Å²) in [4.78, 5) is 26.1. The summed E-state index contributed by atoms with van der Waals surface area (Å²) in [5.74, 6) is 3.98. The number of nitrogens with zero attached hydrogens (tertiary/aromatic N) is 5. The van der Waals surface area contributed by atoms with Crippen LogP contribution >= 0.6 is 22.9 Å². The normalized spacial score (nSPS) is 15.4. The second-order valence-electron chi connectivity index (χ2n) is 8.12. The van der Waals surface area contributed by atoms with Gasteiger partial charge in [0.05, 0.1) is 34.2 Å². The Balaban J connectivity index is 0.00000186. The van der Waals surface area contributed by atoms with Gasteiger partial charge in [0.2, 0.25) is 5.13 Å². The molecule has 198 valence electrons. The van der Waals surface area contributed by atoms with Gasteiger partial charge in [0, 0.05) is 44.3 Å². The molecule has 1 aromatic carbocycles. The molecule has 0 bridgehead atoms. The highest BCUT2D eigenvalue weighted by molar-refractivity contribution is 7.18. The van der Waals surface area contributed by atoms with Crippen molar-refractivity contribution in [3.63, 3.8) is 0 Å². The smallest absolute Gasteiger partial charge is 0.211 e. The zero-order valence-corrected chi connectivity index (χ0v) is 23.0. The summed E-state index contributed by atoms with van der Waals surface area (Å²) in [7, 11) is 0. The van der Waals surface area contributed by atoms with Gasteiger partial charge in [-0.2, -0.15) is 4.94 Å². The Bertz CT molecular complexity index is 1240. The van der Waals surface area contributed by atoms with Gasteiger partial charge in [0.25, 0.3) is 0 Å². The highest BCUT2D eigenvalue weighted by Crippen LogP contribution is 2.33. The van der Waals surface area contributed by atoms with Gasteiger partial charge in [-0.05, 0) is 23.6 Å². The third-order valence-corrected chi connectivity index (χ3v) is 6.89. The number of benzene rings is 1. The number of thiazole rings is 1. The first-order valence-corrected chi connectivity index (χ1v) is 13.5. The minimum atomic E-state index is 0.106. The number of para-hydroxylation sites is 1. The van der Waals surface area contributed by atoms with E-state index in [1.165, 1.54) is 11.3 Å². The molecule has 0 saturated carbocycles. The maximum Gasteiger partial charge on any atom is 0.211 e. The van der Waals surface area contributed by atoms with Gasteiger partial charge in [-0.3, -0.25) is 14.8 Å². The lowest BCUT2D eigenvalue weighted by Crippen LogP contribution is -2.47. The van der Waals surface area contributed by atoms with Gasteiger partial charge in [-0.15, -0.1) is 6.42 Å². The van der Waals surface area contributed by atoms with Crippen LogP contribution in [0.5, 0.6) is 0 Å². The van der Waals surface area contributed by atoms with Crippen LogP contribution in [0.25, 0.3) is 21.5 Å². The van der Waals surface area contributed by atoms with E-state index in [1.807, 2.05) is 45.0 Å².